The summed E-state index contributed by atoms with van der Waals surface area (Å²) in [7, 11) is 2.85. The van der Waals surface area contributed by atoms with Gasteiger partial charge in [0.15, 0.2) is 0 Å². The molecule has 1 aliphatic rings. The number of anilines is 1. The van der Waals surface area contributed by atoms with Gasteiger partial charge in [-0.1, -0.05) is 11.6 Å². The molecule has 11 heteroatoms. The number of nitrogens with zero attached hydrogens (tertiary/aromatic N) is 2. The second-order valence-electron chi connectivity index (χ2n) is 6.33. The molecule has 29 heavy (non-hydrogen) atoms. The van der Waals surface area contributed by atoms with Crippen LogP contribution in [0.15, 0.2) is 24.3 Å². The smallest absolute Gasteiger partial charge is 0.418 e. The van der Waals surface area contributed by atoms with E-state index in [1.807, 2.05) is 0 Å². The van der Waals surface area contributed by atoms with Crippen molar-refractivity contribution in [2.75, 3.05) is 25.7 Å². The second kappa shape index (κ2) is 7.60. The Morgan fingerprint density at radius 2 is 1.86 bits per heavy atom. The van der Waals surface area contributed by atoms with Crippen LogP contribution in [0.4, 0.5) is 24.5 Å². The summed E-state index contributed by atoms with van der Waals surface area (Å²) in [5.74, 6) is 0.818. The number of alkyl halides is 3. The molecule has 2 aromatic carbocycles. The van der Waals surface area contributed by atoms with Gasteiger partial charge in [0.05, 0.1) is 29.7 Å². The molecule has 2 aromatic rings. The predicted molar refractivity (Wildman–Crippen MR) is 98.7 cm³/mol. The normalized spacial score (nSPS) is 16.4. The van der Waals surface area contributed by atoms with Gasteiger partial charge in [-0.15, -0.1) is 0 Å². The van der Waals surface area contributed by atoms with Gasteiger partial charge in [-0.25, -0.2) is 0 Å². The number of fused-ring (bicyclic) bond motifs is 1. The Morgan fingerprint density at radius 1 is 1.24 bits per heavy atom. The molecule has 0 spiro atoms. The van der Waals surface area contributed by atoms with Gasteiger partial charge in [0.1, 0.15) is 23.3 Å². The van der Waals surface area contributed by atoms with Gasteiger partial charge in [-0.05, 0) is 18.2 Å². The van der Waals surface area contributed by atoms with E-state index >= 15 is 0 Å². The van der Waals surface area contributed by atoms with Crippen molar-refractivity contribution in [1.29, 1.82) is 0 Å². The number of nitro benzene ring substituents is 1. The zero-order valence-corrected chi connectivity index (χ0v) is 16.0. The first-order valence-electron chi connectivity index (χ1n) is 8.30. The van der Waals surface area contributed by atoms with Gasteiger partial charge < -0.3 is 19.5 Å². The van der Waals surface area contributed by atoms with E-state index in [0.717, 1.165) is 6.07 Å². The minimum Gasteiger partial charge on any atom is -0.496 e. The number of hydrogen-bond acceptors (Lipinski definition) is 6. The van der Waals surface area contributed by atoms with Gasteiger partial charge in [0.25, 0.3) is 5.69 Å². The molecule has 3 rings (SSSR count). The third-order valence-corrected chi connectivity index (χ3v) is 5.01. The average molecular weight is 433 g/mol. The van der Waals surface area contributed by atoms with Crippen LogP contribution in [0, 0.1) is 10.1 Å². The molecular formula is C18H16ClF3N2O5. The van der Waals surface area contributed by atoms with Gasteiger partial charge in [0.2, 0.25) is 0 Å². The predicted octanol–water partition coefficient (Wildman–Crippen LogP) is 4.34. The maximum atomic E-state index is 13.1. The van der Waals surface area contributed by atoms with Crippen LogP contribution in [0.5, 0.6) is 11.5 Å². The number of nitro groups is 1. The fraction of sp³-hybridized carbons (Fsp3) is 0.333. The monoisotopic (exact) mass is 432 g/mol. The average Bonchev–Trinajstić information content (AvgIpc) is 2.65. The maximum absolute atomic E-state index is 13.1. The number of aliphatic hydroxyl groups is 1. The molecule has 1 atom stereocenters. The van der Waals surface area contributed by atoms with E-state index < -0.39 is 33.5 Å². The van der Waals surface area contributed by atoms with E-state index in [2.05, 4.69) is 0 Å². The van der Waals surface area contributed by atoms with E-state index in [1.165, 1.54) is 19.1 Å². The van der Waals surface area contributed by atoms with Crippen LogP contribution in [-0.2, 0) is 12.7 Å². The van der Waals surface area contributed by atoms with Crippen LogP contribution in [-0.4, -0.2) is 30.8 Å². The van der Waals surface area contributed by atoms with Crippen molar-refractivity contribution in [1.82, 2.24) is 0 Å². The number of halogens is 4. The topological polar surface area (TPSA) is 85.1 Å². The van der Waals surface area contributed by atoms with Crippen LogP contribution in [0.3, 0.4) is 0 Å². The molecule has 0 amide bonds. The van der Waals surface area contributed by atoms with Crippen molar-refractivity contribution < 1.29 is 32.7 Å². The zero-order valence-electron chi connectivity index (χ0n) is 15.3. The SMILES string of the molecule is COc1ccc(OC)c2c1CN(c1cc(Cl)c(C(F)(F)F)cc1[N+](=O)[O-])C[C@H]2O. The lowest BCUT2D eigenvalue weighted by Crippen LogP contribution is -2.34. The molecule has 156 valence electrons. The van der Waals surface area contributed by atoms with Crippen LogP contribution in [0.2, 0.25) is 5.02 Å². The van der Waals surface area contributed by atoms with Crippen LogP contribution in [0.1, 0.15) is 22.8 Å². The highest BCUT2D eigenvalue weighted by atomic mass is 35.5. The third kappa shape index (κ3) is 3.77. The molecule has 0 unspecified atom stereocenters. The highest BCUT2D eigenvalue weighted by molar-refractivity contribution is 6.31. The molecule has 0 aromatic heterocycles. The van der Waals surface area contributed by atoms with E-state index in [-0.39, 0.29) is 18.8 Å². The Balaban J connectivity index is 2.14. The number of methoxy groups -OCH3 is 2. The van der Waals surface area contributed by atoms with Crippen molar-refractivity contribution in [3.05, 3.63) is 56.1 Å². The van der Waals surface area contributed by atoms with Gasteiger partial charge in [-0.3, -0.25) is 10.1 Å². The number of β-amino-alcohol motifs (C(OH)–C–C–N with tert-alkyl or cyclic N) is 1. The Labute approximate surface area is 168 Å². The minimum absolute atomic E-state index is 0.0370. The fourth-order valence-corrected chi connectivity index (χ4v) is 3.69. The van der Waals surface area contributed by atoms with Crippen molar-refractivity contribution in [2.45, 2.75) is 18.8 Å². The van der Waals surface area contributed by atoms with Gasteiger partial charge >= 0.3 is 6.18 Å². The van der Waals surface area contributed by atoms with Crippen molar-refractivity contribution >= 4 is 23.0 Å². The van der Waals surface area contributed by atoms with Crippen LogP contribution < -0.4 is 14.4 Å². The van der Waals surface area contributed by atoms with Crippen molar-refractivity contribution in [3.63, 3.8) is 0 Å². The number of aliphatic hydroxyl groups excluding tert-OH is 1. The summed E-state index contributed by atoms with van der Waals surface area (Å²) < 4.78 is 49.9. The number of rotatable bonds is 4. The van der Waals surface area contributed by atoms with E-state index in [0.29, 0.717) is 28.7 Å². The first kappa shape index (κ1) is 21.0. The lowest BCUT2D eigenvalue weighted by molar-refractivity contribution is -0.384. The van der Waals surface area contributed by atoms with E-state index in [4.69, 9.17) is 21.1 Å². The quantitative estimate of drug-likeness (QED) is 0.571. The molecule has 0 aliphatic carbocycles. The molecule has 0 radical (unpaired) electrons. The summed E-state index contributed by atoms with van der Waals surface area (Å²) in [6, 6.07) is 4.53. The Morgan fingerprint density at radius 3 is 2.41 bits per heavy atom. The highest BCUT2D eigenvalue weighted by Crippen LogP contribution is 2.45. The van der Waals surface area contributed by atoms with Gasteiger partial charge in [-0.2, -0.15) is 13.2 Å². The van der Waals surface area contributed by atoms with Crippen molar-refractivity contribution in [2.24, 2.45) is 0 Å². The molecule has 1 heterocycles. The first-order valence-corrected chi connectivity index (χ1v) is 8.68. The standard InChI is InChI=1S/C18H16ClF3N2O5/c1-28-15-3-4-16(29-2)17-9(15)7-23(8-14(17)25)12-6-11(19)10(18(20,21)22)5-13(12)24(26)27/h3-6,14,25H,7-8H2,1-2H3/t14-/m1/s1. The Kier molecular flexibility index (Phi) is 5.50. The molecule has 0 fully saturated rings. The van der Waals surface area contributed by atoms with E-state index in [1.54, 1.807) is 12.1 Å². The van der Waals surface area contributed by atoms with Crippen LogP contribution in [0.25, 0.3) is 0 Å². The Hall–Kier alpha value is -2.72. The molecular weight excluding hydrogens is 417 g/mol. The third-order valence-electron chi connectivity index (χ3n) is 4.70. The second-order valence-corrected chi connectivity index (χ2v) is 6.74. The summed E-state index contributed by atoms with van der Waals surface area (Å²) in [6.45, 7) is -0.0750. The summed E-state index contributed by atoms with van der Waals surface area (Å²) in [6.07, 6.45) is -5.96. The molecule has 1 N–H and O–H groups in total. The minimum atomic E-state index is -4.84. The zero-order chi connectivity index (χ0) is 21.5. The lowest BCUT2D eigenvalue weighted by Gasteiger charge is -2.35. The summed E-state index contributed by atoms with van der Waals surface area (Å²) in [5, 5.41) is 21.4. The van der Waals surface area contributed by atoms with Crippen molar-refractivity contribution in [3.8, 4) is 11.5 Å². The number of benzene rings is 2. The molecule has 0 saturated heterocycles. The van der Waals surface area contributed by atoms with Crippen LogP contribution >= 0.6 is 11.6 Å². The van der Waals surface area contributed by atoms with Gasteiger partial charge in [0, 0.05) is 30.3 Å². The van der Waals surface area contributed by atoms with E-state index in [9.17, 15) is 28.4 Å². The summed E-state index contributed by atoms with van der Waals surface area (Å²) in [5.41, 5.74) is -1.23. The lowest BCUT2D eigenvalue weighted by atomic mass is 9.94. The first-order chi connectivity index (χ1) is 13.6. The molecule has 1 aliphatic heterocycles. The summed E-state index contributed by atoms with van der Waals surface area (Å²) in [4.78, 5) is 11.9. The fourth-order valence-electron chi connectivity index (χ4n) is 3.43. The highest BCUT2D eigenvalue weighted by Gasteiger charge is 2.38. The largest absolute Gasteiger partial charge is 0.496 e. The molecule has 7 nitrogen and oxygen atoms in total. The summed E-state index contributed by atoms with van der Waals surface area (Å²) >= 11 is 5.78. The molecule has 0 saturated carbocycles. The molecule has 0 bridgehead atoms. The number of hydrogen-bond donors (Lipinski definition) is 1. The Bertz CT molecular complexity index is 967. The number of ether oxygens (including phenoxy) is 2. The maximum Gasteiger partial charge on any atom is 0.418 e.